The van der Waals surface area contributed by atoms with Gasteiger partial charge in [0.1, 0.15) is 22.8 Å². The summed E-state index contributed by atoms with van der Waals surface area (Å²) in [4.78, 5) is 5.79. The molecule has 10 rings (SSSR count). The van der Waals surface area contributed by atoms with Gasteiger partial charge in [-0.05, 0) is 82.9 Å². The average molecular weight is 903 g/mol. The molecule has 0 aliphatic heterocycles. The Bertz CT molecular complexity index is 2920. The standard InChI is InChI=1S/C38H31O2S2.C24H20B/c1-39-35-15-9-10-16-38(35)42(33-23-19-31(20-24-33)29-13-7-4-8-14-29)34-25-26-37(36(27-34)40-2)41-32-21-17-30(18-22-32)28-11-5-3-6-12-28;1-5-13-21(14-6-1)25(22-15-7-2-8-16-22,23-17-9-3-10-18-23)24-19-11-4-12-20-24/h3-27H,1-2H3;1-20H/q+1;-1. The Morgan fingerprint density at radius 1 is 0.328 bits per heavy atom. The minimum absolute atomic E-state index is 0.396. The summed E-state index contributed by atoms with van der Waals surface area (Å²) in [5, 5.41) is 0. The molecule has 67 heavy (non-hydrogen) atoms. The van der Waals surface area contributed by atoms with Crippen LogP contribution in [0.2, 0.25) is 0 Å². The molecule has 0 aliphatic carbocycles. The van der Waals surface area contributed by atoms with Crippen LogP contribution in [0.4, 0.5) is 0 Å². The van der Waals surface area contributed by atoms with E-state index in [1.165, 1.54) is 58.8 Å². The molecule has 1 unspecified atom stereocenters. The number of methoxy groups -OCH3 is 2. The van der Waals surface area contributed by atoms with E-state index in [4.69, 9.17) is 9.47 Å². The number of benzene rings is 10. The third-order valence-corrected chi connectivity index (χ3v) is 15.6. The summed E-state index contributed by atoms with van der Waals surface area (Å²) in [5.41, 5.74) is 10.2. The second-order valence-electron chi connectivity index (χ2n) is 16.2. The van der Waals surface area contributed by atoms with Gasteiger partial charge in [-0.1, -0.05) is 218 Å². The van der Waals surface area contributed by atoms with Crippen molar-refractivity contribution in [1.29, 1.82) is 0 Å². The van der Waals surface area contributed by atoms with Crippen LogP contribution in [0.5, 0.6) is 11.5 Å². The summed E-state index contributed by atoms with van der Waals surface area (Å²) >= 11 is 1.72. The molecule has 0 aromatic heterocycles. The van der Waals surface area contributed by atoms with Crippen molar-refractivity contribution in [3.63, 3.8) is 0 Å². The zero-order valence-corrected chi connectivity index (χ0v) is 39.3. The maximum atomic E-state index is 5.96. The van der Waals surface area contributed by atoms with Crippen LogP contribution in [0.1, 0.15) is 0 Å². The SMILES string of the molecule is COc1cc([S+](c2ccc(-c3ccccc3)cc2)c2ccccc2OC)ccc1Sc1ccc(-c2ccccc2)cc1.c1ccc([B-](c2ccccc2)(c2ccccc2)c2ccccc2)cc1. The molecule has 0 saturated carbocycles. The van der Waals surface area contributed by atoms with E-state index < -0.39 is 17.0 Å². The van der Waals surface area contributed by atoms with E-state index in [0.717, 1.165) is 21.3 Å². The Labute approximate surface area is 403 Å². The van der Waals surface area contributed by atoms with Crippen molar-refractivity contribution in [3.05, 3.63) is 273 Å². The van der Waals surface area contributed by atoms with E-state index >= 15 is 0 Å². The fourth-order valence-corrected chi connectivity index (χ4v) is 12.1. The Balaban J connectivity index is 0.000000191. The largest absolute Gasteiger partial charge is 0.495 e. The van der Waals surface area contributed by atoms with Gasteiger partial charge in [-0.3, -0.25) is 0 Å². The maximum absolute atomic E-state index is 5.96. The first-order valence-corrected chi connectivity index (χ1v) is 24.6. The first kappa shape index (κ1) is 44.8. The van der Waals surface area contributed by atoms with E-state index in [2.05, 4.69) is 249 Å². The highest BCUT2D eigenvalue weighted by molar-refractivity contribution is 7.99. The smallest absolute Gasteiger partial charge is 0.208 e. The van der Waals surface area contributed by atoms with E-state index in [9.17, 15) is 0 Å². The first-order valence-electron chi connectivity index (χ1n) is 22.6. The van der Waals surface area contributed by atoms with E-state index in [1.807, 2.05) is 24.3 Å². The van der Waals surface area contributed by atoms with Gasteiger partial charge in [0.05, 0.1) is 19.1 Å². The summed E-state index contributed by atoms with van der Waals surface area (Å²) < 4.78 is 11.8. The van der Waals surface area contributed by atoms with Crippen LogP contribution in [0.25, 0.3) is 22.3 Å². The third-order valence-electron chi connectivity index (χ3n) is 12.2. The van der Waals surface area contributed by atoms with Crippen LogP contribution in [-0.4, -0.2) is 20.4 Å². The molecule has 1 atom stereocenters. The molecule has 0 spiro atoms. The number of hydrogen-bond donors (Lipinski definition) is 0. The summed E-state index contributed by atoms with van der Waals surface area (Å²) in [6, 6.07) is 97.0. The second-order valence-corrected chi connectivity index (χ2v) is 19.3. The summed E-state index contributed by atoms with van der Waals surface area (Å²) in [6.07, 6.45) is -1.22. The van der Waals surface area contributed by atoms with E-state index in [-0.39, 0.29) is 0 Å². The molecule has 2 nitrogen and oxygen atoms in total. The van der Waals surface area contributed by atoms with Crippen molar-refractivity contribution in [2.75, 3.05) is 14.2 Å². The topological polar surface area (TPSA) is 18.5 Å². The molecule has 0 aliphatic rings. The molecule has 0 N–H and O–H groups in total. The van der Waals surface area contributed by atoms with Gasteiger partial charge in [-0.25, -0.2) is 0 Å². The minimum Gasteiger partial charge on any atom is -0.495 e. The van der Waals surface area contributed by atoms with Gasteiger partial charge in [-0.2, -0.15) is 21.9 Å². The number of hydrogen-bond acceptors (Lipinski definition) is 3. The van der Waals surface area contributed by atoms with Gasteiger partial charge in [0.25, 0.3) is 0 Å². The predicted octanol–water partition coefficient (Wildman–Crippen LogP) is 13.3. The highest BCUT2D eigenvalue weighted by atomic mass is 32.2. The van der Waals surface area contributed by atoms with Crippen LogP contribution in [-0.2, 0) is 10.9 Å². The molecular formula is C62H51BO2S2. The summed E-state index contributed by atoms with van der Waals surface area (Å²) in [7, 11) is 3.09. The van der Waals surface area contributed by atoms with Crippen molar-refractivity contribution < 1.29 is 9.47 Å². The number of ether oxygens (including phenoxy) is 2. The van der Waals surface area contributed by atoms with Crippen LogP contribution < -0.4 is 31.3 Å². The molecule has 0 saturated heterocycles. The Morgan fingerprint density at radius 3 is 1.12 bits per heavy atom. The number of para-hydroxylation sites is 1. The predicted molar refractivity (Wildman–Crippen MR) is 286 cm³/mol. The third kappa shape index (κ3) is 10.0. The fraction of sp³-hybridized carbons (Fsp3) is 0.0323. The van der Waals surface area contributed by atoms with Crippen molar-refractivity contribution in [2.45, 2.75) is 24.5 Å². The summed E-state index contributed by atoms with van der Waals surface area (Å²) in [6.45, 7) is 0. The Kier molecular flexibility index (Phi) is 14.5. The molecule has 0 radical (unpaired) electrons. The monoisotopic (exact) mass is 902 g/mol. The molecule has 0 bridgehead atoms. The van der Waals surface area contributed by atoms with E-state index in [0.29, 0.717) is 0 Å². The number of rotatable bonds is 13. The van der Waals surface area contributed by atoms with Crippen LogP contribution in [0.3, 0.4) is 0 Å². The minimum atomic E-state index is -1.22. The molecule has 10 aromatic rings. The lowest BCUT2D eigenvalue weighted by Gasteiger charge is -2.44. The fourth-order valence-electron chi connectivity index (χ4n) is 9.05. The van der Waals surface area contributed by atoms with Gasteiger partial charge in [0, 0.05) is 11.0 Å². The normalized spacial score (nSPS) is 11.4. The molecule has 0 amide bonds. The quantitative estimate of drug-likeness (QED) is 0.0848. The van der Waals surface area contributed by atoms with Crippen LogP contribution >= 0.6 is 11.8 Å². The second kappa shape index (κ2) is 21.7. The lowest BCUT2D eigenvalue weighted by Crippen LogP contribution is -2.74. The van der Waals surface area contributed by atoms with Crippen LogP contribution in [0, 0.1) is 0 Å². The van der Waals surface area contributed by atoms with Gasteiger partial charge in [0.15, 0.2) is 15.5 Å². The van der Waals surface area contributed by atoms with Gasteiger partial charge in [0.2, 0.25) is 4.90 Å². The lowest BCUT2D eigenvalue weighted by atomic mass is 9.13. The average Bonchev–Trinajstić information content (AvgIpc) is 3.42. The lowest BCUT2D eigenvalue weighted by molar-refractivity contribution is 0.403. The van der Waals surface area contributed by atoms with Crippen molar-refractivity contribution in [1.82, 2.24) is 0 Å². The Hall–Kier alpha value is -7.44. The molecular weight excluding hydrogens is 852 g/mol. The molecule has 0 fully saturated rings. The molecule has 326 valence electrons. The molecule has 0 heterocycles. The zero-order valence-electron chi connectivity index (χ0n) is 37.7. The van der Waals surface area contributed by atoms with Gasteiger partial charge in [-0.15, -0.1) is 0 Å². The zero-order chi connectivity index (χ0) is 45.7. The van der Waals surface area contributed by atoms with E-state index in [1.54, 1.807) is 26.0 Å². The van der Waals surface area contributed by atoms with Gasteiger partial charge >= 0.3 is 0 Å². The van der Waals surface area contributed by atoms with Crippen molar-refractivity contribution >= 4 is 50.7 Å². The Morgan fingerprint density at radius 2 is 0.687 bits per heavy atom. The molecule has 5 heteroatoms. The van der Waals surface area contributed by atoms with Crippen LogP contribution in [0.15, 0.2) is 297 Å². The van der Waals surface area contributed by atoms with Crippen molar-refractivity contribution in [3.8, 4) is 33.8 Å². The van der Waals surface area contributed by atoms with Crippen molar-refractivity contribution in [2.24, 2.45) is 0 Å². The van der Waals surface area contributed by atoms with Gasteiger partial charge < -0.3 is 9.47 Å². The first-order chi connectivity index (χ1) is 33.1. The highest BCUT2D eigenvalue weighted by Crippen LogP contribution is 2.42. The summed E-state index contributed by atoms with van der Waals surface area (Å²) in [5.74, 6) is 1.74. The molecule has 10 aromatic carbocycles. The highest BCUT2D eigenvalue weighted by Gasteiger charge is 2.34. The maximum Gasteiger partial charge on any atom is 0.208 e.